The molecule has 0 unspecified atom stereocenters. The van der Waals surface area contributed by atoms with Crippen LogP contribution in [-0.2, 0) is 9.59 Å². The van der Waals surface area contributed by atoms with E-state index in [0.29, 0.717) is 18.4 Å². The van der Waals surface area contributed by atoms with Crippen molar-refractivity contribution in [1.29, 1.82) is 0 Å². The summed E-state index contributed by atoms with van der Waals surface area (Å²) in [6, 6.07) is 0.356. The van der Waals surface area contributed by atoms with E-state index >= 15 is 0 Å². The van der Waals surface area contributed by atoms with Gasteiger partial charge < -0.3 is 10.0 Å². The number of hydrogen-bond donors (Lipinski definition) is 1. The molecule has 0 spiro atoms. The zero-order valence-electron chi connectivity index (χ0n) is 11.3. The predicted octanol–water partition coefficient (Wildman–Crippen LogP) is 2.13. The Morgan fingerprint density at radius 1 is 1.22 bits per heavy atom. The third kappa shape index (κ3) is 2.85. The molecule has 0 bridgehead atoms. The molecule has 18 heavy (non-hydrogen) atoms. The van der Waals surface area contributed by atoms with E-state index in [-0.39, 0.29) is 11.8 Å². The molecule has 2 saturated carbocycles. The number of aliphatic carboxylic acids is 1. The Labute approximate surface area is 108 Å². The molecule has 4 nitrogen and oxygen atoms in total. The molecule has 0 aliphatic heterocycles. The maximum absolute atomic E-state index is 12.4. The molecule has 2 atom stereocenters. The van der Waals surface area contributed by atoms with Gasteiger partial charge in [0.25, 0.3) is 0 Å². The molecule has 1 N–H and O–H groups in total. The normalized spacial score (nSPS) is 27.5. The van der Waals surface area contributed by atoms with Gasteiger partial charge in [0.05, 0.1) is 11.8 Å². The molecular weight excluding hydrogens is 230 g/mol. The largest absolute Gasteiger partial charge is 0.481 e. The number of amides is 1. The second kappa shape index (κ2) is 5.29. The van der Waals surface area contributed by atoms with Gasteiger partial charge in [0.1, 0.15) is 0 Å². The Morgan fingerprint density at radius 3 is 2.28 bits per heavy atom. The van der Waals surface area contributed by atoms with Gasteiger partial charge in [-0.05, 0) is 25.2 Å². The van der Waals surface area contributed by atoms with Crippen LogP contribution in [0.15, 0.2) is 0 Å². The number of carboxylic acids is 1. The first-order valence-corrected chi connectivity index (χ1v) is 7.04. The van der Waals surface area contributed by atoms with E-state index in [9.17, 15) is 9.59 Å². The minimum absolute atomic E-state index is 0.0861. The van der Waals surface area contributed by atoms with Gasteiger partial charge in [0, 0.05) is 12.6 Å². The molecule has 1 amide bonds. The van der Waals surface area contributed by atoms with Crippen LogP contribution in [0.4, 0.5) is 0 Å². The van der Waals surface area contributed by atoms with Gasteiger partial charge in [-0.15, -0.1) is 0 Å². The fourth-order valence-electron chi connectivity index (χ4n) is 2.98. The van der Waals surface area contributed by atoms with Gasteiger partial charge in [-0.25, -0.2) is 0 Å². The number of carboxylic acid groups (broad SMARTS) is 1. The first kappa shape index (κ1) is 13.4. The minimum Gasteiger partial charge on any atom is -0.481 e. The van der Waals surface area contributed by atoms with Crippen LogP contribution < -0.4 is 0 Å². The maximum Gasteiger partial charge on any atom is 0.307 e. The first-order chi connectivity index (χ1) is 8.50. The third-order valence-corrected chi connectivity index (χ3v) is 4.04. The average molecular weight is 253 g/mol. The molecule has 0 aromatic heterocycles. The van der Waals surface area contributed by atoms with Crippen LogP contribution in [0, 0.1) is 17.8 Å². The molecule has 2 rings (SSSR count). The zero-order valence-corrected chi connectivity index (χ0v) is 11.3. The molecule has 0 radical (unpaired) electrons. The van der Waals surface area contributed by atoms with Crippen LogP contribution in [0.5, 0.6) is 0 Å². The predicted molar refractivity (Wildman–Crippen MR) is 68.0 cm³/mol. The summed E-state index contributed by atoms with van der Waals surface area (Å²) in [5.74, 6) is -0.959. The SMILES string of the molecule is CC(C)CN(C(=O)[C@@H]1C[C@@H]1C(=O)O)C1CCCC1. The Bertz CT molecular complexity index is 334. The molecule has 2 aliphatic rings. The number of nitrogens with zero attached hydrogens (tertiary/aromatic N) is 1. The molecular formula is C14H23NO3. The van der Waals surface area contributed by atoms with Crippen molar-refractivity contribution in [2.24, 2.45) is 17.8 Å². The van der Waals surface area contributed by atoms with Gasteiger partial charge >= 0.3 is 5.97 Å². The van der Waals surface area contributed by atoms with E-state index in [1.807, 2.05) is 4.90 Å². The molecule has 0 aromatic rings. The van der Waals surface area contributed by atoms with Crippen LogP contribution in [0.3, 0.4) is 0 Å². The van der Waals surface area contributed by atoms with E-state index in [1.165, 1.54) is 12.8 Å². The van der Waals surface area contributed by atoms with Crippen LogP contribution in [0.1, 0.15) is 46.0 Å². The molecule has 102 valence electrons. The monoisotopic (exact) mass is 253 g/mol. The van der Waals surface area contributed by atoms with Crippen LogP contribution in [0.25, 0.3) is 0 Å². The quantitative estimate of drug-likeness (QED) is 0.816. The highest BCUT2D eigenvalue weighted by atomic mass is 16.4. The lowest BCUT2D eigenvalue weighted by molar-refractivity contribution is -0.143. The summed E-state index contributed by atoms with van der Waals surface area (Å²) in [5.41, 5.74) is 0. The minimum atomic E-state index is -0.815. The number of carbonyl (C=O) groups excluding carboxylic acids is 1. The Hall–Kier alpha value is -1.06. The van der Waals surface area contributed by atoms with E-state index in [2.05, 4.69) is 13.8 Å². The highest BCUT2D eigenvalue weighted by Gasteiger charge is 2.50. The maximum atomic E-state index is 12.4. The Kier molecular flexibility index (Phi) is 3.93. The lowest BCUT2D eigenvalue weighted by Crippen LogP contribution is -2.42. The lowest BCUT2D eigenvalue weighted by atomic mass is 10.1. The summed E-state index contributed by atoms with van der Waals surface area (Å²) in [7, 11) is 0. The van der Waals surface area contributed by atoms with Crippen molar-refractivity contribution in [2.45, 2.75) is 52.0 Å². The molecule has 2 fully saturated rings. The second-order valence-corrected chi connectivity index (χ2v) is 6.11. The van der Waals surface area contributed by atoms with Gasteiger partial charge in [-0.1, -0.05) is 26.7 Å². The van der Waals surface area contributed by atoms with Gasteiger partial charge in [0.2, 0.25) is 5.91 Å². The number of hydrogen-bond acceptors (Lipinski definition) is 2. The molecule has 4 heteroatoms. The topological polar surface area (TPSA) is 57.6 Å². The highest BCUT2D eigenvalue weighted by molar-refractivity contribution is 5.89. The molecule has 2 aliphatic carbocycles. The first-order valence-electron chi connectivity index (χ1n) is 7.04. The van der Waals surface area contributed by atoms with Gasteiger partial charge in [0.15, 0.2) is 0 Å². The fourth-order valence-corrected chi connectivity index (χ4v) is 2.98. The van der Waals surface area contributed by atoms with Gasteiger partial charge in [-0.2, -0.15) is 0 Å². The van der Waals surface area contributed by atoms with E-state index in [1.54, 1.807) is 0 Å². The Morgan fingerprint density at radius 2 is 1.83 bits per heavy atom. The molecule has 0 aromatic carbocycles. The third-order valence-electron chi connectivity index (χ3n) is 4.04. The average Bonchev–Trinajstić information content (AvgIpc) is 2.93. The smallest absolute Gasteiger partial charge is 0.307 e. The number of carbonyl (C=O) groups is 2. The van der Waals surface area contributed by atoms with Gasteiger partial charge in [-0.3, -0.25) is 9.59 Å². The van der Waals surface area contributed by atoms with Crippen molar-refractivity contribution in [3.8, 4) is 0 Å². The van der Waals surface area contributed by atoms with Crippen molar-refractivity contribution in [3.63, 3.8) is 0 Å². The fraction of sp³-hybridized carbons (Fsp3) is 0.857. The van der Waals surface area contributed by atoms with Crippen LogP contribution in [0.2, 0.25) is 0 Å². The lowest BCUT2D eigenvalue weighted by Gasteiger charge is -2.31. The summed E-state index contributed by atoms with van der Waals surface area (Å²) >= 11 is 0. The highest BCUT2D eigenvalue weighted by Crippen LogP contribution is 2.41. The Balaban J connectivity index is 1.99. The van der Waals surface area contributed by atoms with E-state index in [0.717, 1.165) is 19.4 Å². The van der Waals surface area contributed by atoms with Crippen molar-refractivity contribution in [2.75, 3.05) is 6.54 Å². The summed E-state index contributed by atoms with van der Waals surface area (Å²) in [6.07, 6.45) is 5.10. The van der Waals surface area contributed by atoms with Crippen molar-refractivity contribution in [1.82, 2.24) is 4.90 Å². The van der Waals surface area contributed by atoms with Crippen molar-refractivity contribution in [3.05, 3.63) is 0 Å². The van der Waals surface area contributed by atoms with Crippen LogP contribution in [-0.4, -0.2) is 34.5 Å². The summed E-state index contributed by atoms with van der Waals surface area (Å²) < 4.78 is 0. The molecule has 0 heterocycles. The zero-order chi connectivity index (χ0) is 13.3. The summed E-state index contributed by atoms with van der Waals surface area (Å²) in [6.45, 7) is 4.99. The second-order valence-electron chi connectivity index (χ2n) is 6.11. The van der Waals surface area contributed by atoms with E-state index in [4.69, 9.17) is 5.11 Å². The number of rotatable bonds is 5. The summed E-state index contributed by atoms with van der Waals surface area (Å²) in [5, 5.41) is 8.93. The molecule has 0 saturated heterocycles. The van der Waals surface area contributed by atoms with Crippen molar-refractivity contribution >= 4 is 11.9 Å². The summed E-state index contributed by atoms with van der Waals surface area (Å²) in [4.78, 5) is 25.3. The standard InChI is InChI=1S/C14H23NO3/c1-9(2)8-15(10-5-3-4-6-10)13(16)11-7-12(11)14(17)18/h9-12H,3-8H2,1-2H3,(H,17,18)/t11-,12+/m1/s1. The van der Waals surface area contributed by atoms with Crippen molar-refractivity contribution < 1.29 is 14.7 Å². The van der Waals surface area contributed by atoms with E-state index < -0.39 is 11.9 Å². The van der Waals surface area contributed by atoms with Crippen LogP contribution >= 0.6 is 0 Å².